The predicted molar refractivity (Wildman–Crippen MR) is 27.9 cm³/mol. The molecule has 0 saturated heterocycles. The van der Waals surface area contributed by atoms with Gasteiger partial charge >= 0.3 is 18.0 Å². The molecule has 0 N–H and O–H groups in total. The average Bonchev–Trinajstić information content (AvgIpc) is 1.80. The molecule has 0 radical (unpaired) electrons. The molecule has 0 aromatic rings. The smallest absolute Gasteiger partial charge is 0.357 e. The maximum Gasteiger partial charge on any atom is 0.432 e. The SMILES string of the molecule is COC(C(F)F)(C(F)(F)F)C(F)(F)F. The van der Waals surface area contributed by atoms with Crippen molar-refractivity contribution < 1.29 is 39.9 Å². The predicted octanol–water partition coefficient (Wildman–Crippen LogP) is 2.76. The van der Waals surface area contributed by atoms with Gasteiger partial charge in [-0.25, -0.2) is 8.78 Å². The van der Waals surface area contributed by atoms with Crippen LogP contribution in [0.25, 0.3) is 0 Å². The molecule has 0 fully saturated rings. The minimum absolute atomic E-state index is 0.0762. The summed E-state index contributed by atoms with van der Waals surface area (Å²) in [5.74, 6) is 0. The lowest BCUT2D eigenvalue weighted by atomic mass is 10.0. The van der Waals surface area contributed by atoms with E-state index in [1.54, 1.807) is 0 Å². The number of hydrogen-bond donors (Lipinski definition) is 0. The quantitative estimate of drug-likeness (QED) is 0.665. The Morgan fingerprint density at radius 2 is 1.14 bits per heavy atom. The number of methoxy groups -OCH3 is 1. The Kier molecular flexibility index (Phi) is 3.37. The molecule has 0 spiro atoms. The summed E-state index contributed by atoms with van der Waals surface area (Å²) in [5, 5.41) is 0. The van der Waals surface area contributed by atoms with Gasteiger partial charge < -0.3 is 4.74 Å². The van der Waals surface area contributed by atoms with Crippen molar-refractivity contribution in [1.82, 2.24) is 0 Å². The van der Waals surface area contributed by atoms with Gasteiger partial charge in [0.25, 0.3) is 6.43 Å². The minimum atomic E-state index is -6.23. The van der Waals surface area contributed by atoms with Crippen molar-refractivity contribution in [1.29, 1.82) is 0 Å². The highest BCUT2D eigenvalue weighted by atomic mass is 19.4. The molecular formula is C5H4F8O. The van der Waals surface area contributed by atoms with Crippen LogP contribution in [0.5, 0.6) is 0 Å². The summed E-state index contributed by atoms with van der Waals surface area (Å²) < 4.78 is 97.3. The lowest BCUT2D eigenvalue weighted by molar-refractivity contribution is -0.403. The molecule has 0 saturated carbocycles. The molecule has 0 aromatic heterocycles. The van der Waals surface area contributed by atoms with Crippen LogP contribution in [0.3, 0.4) is 0 Å². The van der Waals surface area contributed by atoms with E-state index >= 15 is 0 Å². The molecule has 9 heteroatoms. The zero-order chi connectivity index (χ0) is 11.8. The fourth-order valence-electron chi connectivity index (χ4n) is 0.729. The molecule has 0 rings (SSSR count). The molecule has 0 atom stereocenters. The standard InChI is InChI=1S/C5H4F8O/c1-14-3(2(6)7,4(8,9)10)5(11,12)13/h2H,1H3. The van der Waals surface area contributed by atoms with Crippen molar-refractivity contribution in [2.45, 2.75) is 24.4 Å². The van der Waals surface area contributed by atoms with E-state index in [0.29, 0.717) is 0 Å². The third-order valence-electron chi connectivity index (χ3n) is 1.47. The minimum Gasteiger partial charge on any atom is -0.357 e. The van der Waals surface area contributed by atoms with Crippen LogP contribution in [-0.4, -0.2) is 31.5 Å². The highest BCUT2D eigenvalue weighted by Gasteiger charge is 2.77. The van der Waals surface area contributed by atoms with Crippen LogP contribution in [0.2, 0.25) is 0 Å². The Labute approximate surface area is 72.6 Å². The van der Waals surface area contributed by atoms with E-state index in [9.17, 15) is 35.1 Å². The largest absolute Gasteiger partial charge is 0.432 e. The van der Waals surface area contributed by atoms with Crippen LogP contribution in [0.1, 0.15) is 0 Å². The van der Waals surface area contributed by atoms with E-state index in [1.807, 2.05) is 0 Å². The van der Waals surface area contributed by atoms with Gasteiger partial charge in [-0.2, -0.15) is 26.3 Å². The van der Waals surface area contributed by atoms with Gasteiger partial charge in [0.2, 0.25) is 0 Å². The van der Waals surface area contributed by atoms with Crippen LogP contribution in [0, 0.1) is 0 Å². The molecule has 0 amide bonds. The van der Waals surface area contributed by atoms with E-state index in [4.69, 9.17) is 0 Å². The van der Waals surface area contributed by atoms with E-state index < -0.39 is 24.4 Å². The van der Waals surface area contributed by atoms with Crippen molar-refractivity contribution in [3.05, 3.63) is 0 Å². The topological polar surface area (TPSA) is 9.23 Å². The van der Waals surface area contributed by atoms with Gasteiger partial charge in [-0.15, -0.1) is 0 Å². The molecule has 0 unspecified atom stereocenters. The number of alkyl halides is 8. The van der Waals surface area contributed by atoms with E-state index in [2.05, 4.69) is 4.74 Å². The highest BCUT2D eigenvalue weighted by molar-refractivity contribution is 4.98. The summed E-state index contributed by atoms with van der Waals surface area (Å²) in [5.41, 5.74) is -5.42. The van der Waals surface area contributed by atoms with Crippen LogP contribution in [0.4, 0.5) is 35.1 Å². The second-order valence-corrected chi connectivity index (χ2v) is 2.24. The average molecular weight is 232 g/mol. The number of rotatable bonds is 2. The van der Waals surface area contributed by atoms with Crippen molar-refractivity contribution in [2.24, 2.45) is 0 Å². The molecule has 14 heavy (non-hydrogen) atoms. The van der Waals surface area contributed by atoms with Gasteiger partial charge in [-0.1, -0.05) is 0 Å². The van der Waals surface area contributed by atoms with Gasteiger partial charge in [0.05, 0.1) is 0 Å². The lowest BCUT2D eigenvalue weighted by Gasteiger charge is -2.34. The summed E-state index contributed by atoms with van der Waals surface area (Å²) in [4.78, 5) is 0. The molecule has 1 nitrogen and oxygen atoms in total. The molecule has 0 aliphatic heterocycles. The van der Waals surface area contributed by atoms with Crippen molar-refractivity contribution in [3.63, 3.8) is 0 Å². The first-order chi connectivity index (χ1) is 6.00. The highest BCUT2D eigenvalue weighted by Crippen LogP contribution is 2.48. The lowest BCUT2D eigenvalue weighted by Crippen LogP contribution is -2.63. The van der Waals surface area contributed by atoms with Gasteiger partial charge in [-0.05, 0) is 0 Å². The van der Waals surface area contributed by atoms with E-state index in [0.717, 1.165) is 0 Å². The summed E-state index contributed by atoms with van der Waals surface area (Å²) in [6.07, 6.45) is -17.2. The second kappa shape index (κ2) is 3.52. The van der Waals surface area contributed by atoms with Crippen LogP contribution < -0.4 is 0 Å². The van der Waals surface area contributed by atoms with Crippen molar-refractivity contribution >= 4 is 0 Å². The second-order valence-electron chi connectivity index (χ2n) is 2.24. The van der Waals surface area contributed by atoms with Crippen molar-refractivity contribution in [3.8, 4) is 0 Å². The molecule has 0 heterocycles. The summed E-state index contributed by atoms with van der Waals surface area (Å²) in [7, 11) is -0.0762. The number of halogens is 8. The number of ether oxygens (including phenoxy) is 1. The van der Waals surface area contributed by atoms with Gasteiger partial charge in [0, 0.05) is 7.11 Å². The summed E-state index contributed by atoms with van der Waals surface area (Å²) in [6.45, 7) is 0. The van der Waals surface area contributed by atoms with E-state index in [1.165, 1.54) is 0 Å². The fourth-order valence-corrected chi connectivity index (χ4v) is 0.729. The Morgan fingerprint density at radius 1 is 0.857 bits per heavy atom. The van der Waals surface area contributed by atoms with Crippen molar-refractivity contribution in [2.75, 3.05) is 7.11 Å². The van der Waals surface area contributed by atoms with Gasteiger partial charge in [0.15, 0.2) is 0 Å². The zero-order valence-electron chi connectivity index (χ0n) is 6.51. The van der Waals surface area contributed by atoms with E-state index in [-0.39, 0.29) is 7.11 Å². The third-order valence-corrected chi connectivity index (χ3v) is 1.47. The Bertz CT molecular complexity index is 177. The van der Waals surface area contributed by atoms with Crippen LogP contribution >= 0.6 is 0 Å². The normalized spacial score (nSPS) is 15.0. The first-order valence-electron chi connectivity index (χ1n) is 2.97. The molecule has 0 bridgehead atoms. The first-order valence-corrected chi connectivity index (χ1v) is 2.97. The molecular weight excluding hydrogens is 228 g/mol. The molecule has 0 aromatic carbocycles. The molecule has 0 aliphatic rings. The summed E-state index contributed by atoms with van der Waals surface area (Å²) >= 11 is 0. The van der Waals surface area contributed by atoms with Gasteiger partial charge in [-0.3, -0.25) is 0 Å². The Balaban J connectivity index is 5.45. The first kappa shape index (κ1) is 13.4. The maximum atomic E-state index is 11.8. The number of hydrogen-bond acceptors (Lipinski definition) is 1. The third kappa shape index (κ3) is 1.77. The maximum absolute atomic E-state index is 11.8. The molecule has 0 aliphatic carbocycles. The fraction of sp³-hybridized carbons (Fsp3) is 1.00. The Hall–Kier alpha value is -0.600. The monoisotopic (exact) mass is 232 g/mol. The van der Waals surface area contributed by atoms with Crippen LogP contribution in [-0.2, 0) is 4.74 Å². The van der Waals surface area contributed by atoms with Gasteiger partial charge in [0.1, 0.15) is 0 Å². The Morgan fingerprint density at radius 3 is 1.14 bits per heavy atom. The summed E-state index contributed by atoms with van der Waals surface area (Å²) in [6, 6.07) is 0. The van der Waals surface area contributed by atoms with Crippen LogP contribution in [0.15, 0.2) is 0 Å². The molecule has 86 valence electrons. The zero-order valence-corrected chi connectivity index (χ0v) is 6.51.